The van der Waals surface area contributed by atoms with E-state index in [2.05, 4.69) is 40.0 Å². The second-order valence-electron chi connectivity index (χ2n) is 5.32. The molecule has 2 unspecified atom stereocenters. The van der Waals surface area contributed by atoms with Crippen LogP contribution in [-0.2, 0) is 9.53 Å². The summed E-state index contributed by atoms with van der Waals surface area (Å²) in [5.41, 5.74) is 0.835. The van der Waals surface area contributed by atoms with Gasteiger partial charge >= 0.3 is 0 Å². The lowest BCUT2D eigenvalue weighted by atomic mass is 10.2. The van der Waals surface area contributed by atoms with Crippen LogP contribution in [0.5, 0.6) is 0 Å². The number of nitrogens with one attached hydrogen (secondary N) is 1. The van der Waals surface area contributed by atoms with Crippen LogP contribution in [0.2, 0.25) is 0 Å². The first-order chi connectivity index (χ1) is 9.52. The van der Waals surface area contributed by atoms with E-state index >= 15 is 0 Å². The minimum absolute atomic E-state index is 0. The summed E-state index contributed by atoms with van der Waals surface area (Å²) in [5.74, 6) is 0.0547. The third-order valence-electron chi connectivity index (χ3n) is 3.28. The first-order valence-corrected chi connectivity index (χ1v) is 7.75. The molecule has 1 heterocycles. The Bertz CT molecular complexity index is 445. The molecule has 0 spiro atoms. The van der Waals surface area contributed by atoms with Crippen molar-refractivity contribution >= 4 is 39.9 Å². The highest BCUT2D eigenvalue weighted by Gasteiger charge is 2.22. The van der Waals surface area contributed by atoms with Gasteiger partial charge in [0.05, 0.1) is 12.2 Å². The standard InChI is InChI=1S/C15H21BrN2O2.ClH/c1-11-9-18(10-12(2)20-11)8-7-15(19)17-14-5-3-13(16)4-6-14;/h3-6,11-12H,7-10H2,1-2H3,(H,17,19);1H. The van der Waals surface area contributed by atoms with E-state index in [1.54, 1.807) is 0 Å². The van der Waals surface area contributed by atoms with Gasteiger partial charge in [0, 0.05) is 36.2 Å². The number of halogens is 2. The summed E-state index contributed by atoms with van der Waals surface area (Å²) in [6.45, 7) is 6.72. The van der Waals surface area contributed by atoms with E-state index in [4.69, 9.17) is 4.74 Å². The van der Waals surface area contributed by atoms with E-state index in [-0.39, 0.29) is 30.5 Å². The van der Waals surface area contributed by atoms with E-state index in [1.165, 1.54) is 0 Å². The molecule has 1 saturated heterocycles. The lowest BCUT2D eigenvalue weighted by Crippen LogP contribution is -2.46. The number of carbonyl (C=O) groups is 1. The molecule has 1 N–H and O–H groups in total. The first kappa shape index (κ1) is 18.4. The van der Waals surface area contributed by atoms with E-state index < -0.39 is 0 Å². The molecule has 118 valence electrons. The maximum absolute atomic E-state index is 11.9. The van der Waals surface area contributed by atoms with Gasteiger partial charge in [-0.15, -0.1) is 12.4 Å². The van der Waals surface area contributed by atoms with Crippen molar-refractivity contribution in [3.8, 4) is 0 Å². The van der Waals surface area contributed by atoms with Crippen LogP contribution < -0.4 is 5.32 Å². The Labute approximate surface area is 140 Å². The first-order valence-electron chi connectivity index (χ1n) is 6.96. The zero-order chi connectivity index (χ0) is 14.5. The van der Waals surface area contributed by atoms with Gasteiger partial charge in [0.2, 0.25) is 5.91 Å². The Morgan fingerprint density at radius 1 is 1.29 bits per heavy atom. The van der Waals surface area contributed by atoms with E-state index in [1.807, 2.05) is 24.3 Å². The van der Waals surface area contributed by atoms with Crippen molar-refractivity contribution in [3.63, 3.8) is 0 Å². The molecule has 1 aliphatic heterocycles. The maximum atomic E-state index is 11.9. The fraction of sp³-hybridized carbons (Fsp3) is 0.533. The van der Waals surface area contributed by atoms with Crippen LogP contribution in [-0.4, -0.2) is 42.6 Å². The van der Waals surface area contributed by atoms with Crippen molar-refractivity contribution in [1.82, 2.24) is 4.90 Å². The van der Waals surface area contributed by atoms with Crippen LogP contribution in [0, 0.1) is 0 Å². The van der Waals surface area contributed by atoms with E-state index in [0.29, 0.717) is 6.42 Å². The number of benzene rings is 1. The SMILES string of the molecule is CC1CN(CCC(=O)Nc2ccc(Br)cc2)CC(C)O1.Cl. The van der Waals surface area contributed by atoms with E-state index in [9.17, 15) is 4.79 Å². The molecule has 1 amide bonds. The van der Waals surface area contributed by atoms with Gasteiger partial charge in [0.25, 0.3) is 0 Å². The predicted octanol–water partition coefficient (Wildman–Crippen LogP) is 3.31. The molecule has 0 bridgehead atoms. The van der Waals surface area contributed by atoms with Crippen LogP contribution in [0.15, 0.2) is 28.7 Å². The number of carbonyl (C=O) groups excluding carboxylic acids is 1. The number of morpholine rings is 1. The number of hydrogen-bond donors (Lipinski definition) is 1. The average Bonchev–Trinajstić information content (AvgIpc) is 2.38. The molecule has 0 aromatic heterocycles. The number of nitrogens with zero attached hydrogens (tertiary/aromatic N) is 1. The molecule has 1 aliphatic rings. The second kappa shape index (κ2) is 8.73. The van der Waals surface area contributed by atoms with Crippen molar-refractivity contribution in [2.24, 2.45) is 0 Å². The quantitative estimate of drug-likeness (QED) is 0.875. The van der Waals surface area contributed by atoms with Crippen molar-refractivity contribution < 1.29 is 9.53 Å². The molecule has 0 aliphatic carbocycles. The summed E-state index contributed by atoms with van der Waals surface area (Å²) < 4.78 is 6.69. The molecule has 2 rings (SSSR count). The lowest BCUT2D eigenvalue weighted by Gasteiger charge is -2.35. The summed E-state index contributed by atoms with van der Waals surface area (Å²) in [4.78, 5) is 14.2. The van der Waals surface area contributed by atoms with Crippen LogP contribution in [0.4, 0.5) is 5.69 Å². The van der Waals surface area contributed by atoms with Gasteiger partial charge in [-0.2, -0.15) is 0 Å². The van der Waals surface area contributed by atoms with Gasteiger partial charge in [-0.1, -0.05) is 15.9 Å². The van der Waals surface area contributed by atoms with Gasteiger partial charge in [0.1, 0.15) is 0 Å². The van der Waals surface area contributed by atoms with Crippen molar-refractivity contribution in [2.45, 2.75) is 32.5 Å². The summed E-state index contributed by atoms with van der Waals surface area (Å²) in [7, 11) is 0. The topological polar surface area (TPSA) is 41.6 Å². The second-order valence-corrected chi connectivity index (χ2v) is 6.24. The molecule has 1 aromatic rings. The minimum atomic E-state index is 0. The molecule has 1 aromatic carbocycles. The van der Waals surface area contributed by atoms with Crippen molar-refractivity contribution in [3.05, 3.63) is 28.7 Å². The minimum Gasteiger partial charge on any atom is -0.373 e. The maximum Gasteiger partial charge on any atom is 0.225 e. The molecule has 0 saturated carbocycles. The highest BCUT2D eigenvalue weighted by atomic mass is 79.9. The van der Waals surface area contributed by atoms with Crippen LogP contribution in [0.25, 0.3) is 0 Å². The Morgan fingerprint density at radius 3 is 2.43 bits per heavy atom. The molecule has 21 heavy (non-hydrogen) atoms. The van der Waals surface area contributed by atoms with Crippen molar-refractivity contribution in [1.29, 1.82) is 0 Å². The molecular formula is C15H22BrClN2O2. The molecule has 4 nitrogen and oxygen atoms in total. The Morgan fingerprint density at radius 2 is 1.86 bits per heavy atom. The summed E-state index contributed by atoms with van der Waals surface area (Å²) in [6, 6.07) is 7.61. The normalized spacial score (nSPS) is 22.4. The highest BCUT2D eigenvalue weighted by molar-refractivity contribution is 9.10. The van der Waals surface area contributed by atoms with Crippen LogP contribution >= 0.6 is 28.3 Å². The fourth-order valence-electron chi connectivity index (χ4n) is 2.48. The summed E-state index contributed by atoms with van der Waals surface area (Å²) in [6.07, 6.45) is 0.997. The highest BCUT2D eigenvalue weighted by Crippen LogP contribution is 2.15. The van der Waals surface area contributed by atoms with Gasteiger partial charge in [-0.3, -0.25) is 9.69 Å². The Balaban J connectivity index is 0.00000220. The number of hydrogen-bond acceptors (Lipinski definition) is 3. The zero-order valence-electron chi connectivity index (χ0n) is 12.3. The lowest BCUT2D eigenvalue weighted by molar-refractivity contribution is -0.117. The van der Waals surface area contributed by atoms with E-state index in [0.717, 1.165) is 29.8 Å². The average molecular weight is 378 g/mol. The van der Waals surface area contributed by atoms with Crippen LogP contribution in [0.1, 0.15) is 20.3 Å². The van der Waals surface area contributed by atoms with Crippen LogP contribution in [0.3, 0.4) is 0 Å². The Kier molecular flexibility index (Phi) is 7.66. The number of anilines is 1. The molecule has 2 atom stereocenters. The van der Waals surface area contributed by atoms with Gasteiger partial charge in [0.15, 0.2) is 0 Å². The largest absolute Gasteiger partial charge is 0.373 e. The summed E-state index contributed by atoms with van der Waals surface area (Å²) in [5, 5.41) is 2.91. The van der Waals surface area contributed by atoms with Gasteiger partial charge in [-0.05, 0) is 38.1 Å². The third kappa shape index (κ3) is 6.34. The van der Waals surface area contributed by atoms with Gasteiger partial charge in [-0.25, -0.2) is 0 Å². The van der Waals surface area contributed by atoms with Gasteiger partial charge < -0.3 is 10.1 Å². The molecule has 1 fully saturated rings. The van der Waals surface area contributed by atoms with Crippen molar-refractivity contribution in [2.75, 3.05) is 25.0 Å². The monoisotopic (exact) mass is 376 g/mol. The molecule has 6 heteroatoms. The molecule has 0 radical (unpaired) electrons. The zero-order valence-corrected chi connectivity index (χ0v) is 14.7. The number of ether oxygens (including phenoxy) is 1. The fourth-order valence-corrected chi connectivity index (χ4v) is 2.75. The number of amides is 1. The number of rotatable bonds is 4. The predicted molar refractivity (Wildman–Crippen MR) is 91.1 cm³/mol. The summed E-state index contributed by atoms with van der Waals surface area (Å²) >= 11 is 3.37. The Hall–Kier alpha value is -0.620. The smallest absolute Gasteiger partial charge is 0.225 e. The molecular weight excluding hydrogens is 356 g/mol. The third-order valence-corrected chi connectivity index (χ3v) is 3.81.